The molecule has 0 amide bonds. The number of hydrogen-bond donors (Lipinski definition) is 0. The van der Waals surface area contributed by atoms with Crippen LogP contribution in [0.4, 0.5) is 8.78 Å². The number of carbonyl (C=O) groups is 2. The Bertz CT molecular complexity index is 485. The van der Waals surface area contributed by atoms with Crippen LogP contribution in [0.1, 0.15) is 30.7 Å². The summed E-state index contributed by atoms with van der Waals surface area (Å²) in [4.78, 5) is 23.2. The number of methoxy groups -OCH3 is 1. The van der Waals surface area contributed by atoms with Crippen molar-refractivity contribution in [2.75, 3.05) is 7.11 Å². The third-order valence-corrected chi connectivity index (χ3v) is 3.49. The standard InChI is InChI=1S/C14H14F2O3/c1-19-14(18)12-6-8(2-3-13(12)17)9-4-10(15)7-11(16)5-9/h4-5,7-8,12H,2-3,6H2,1H3. The molecule has 0 radical (unpaired) electrons. The molecule has 0 N–H and O–H groups in total. The van der Waals surface area contributed by atoms with Crippen molar-refractivity contribution in [3.63, 3.8) is 0 Å². The van der Waals surface area contributed by atoms with Crippen LogP contribution in [0.15, 0.2) is 18.2 Å². The molecule has 0 heterocycles. The monoisotopic (exact) mass is 268 g/mol. The van der Waals surface area contributed by atoms with E-state index in [0.29, 0.717) is 12.0 Å². The molecule has 19 heavy (non-hydrogen) atoms. The molecule has 3 nitrogen and oxygen atoms in total. The summed E-state index contributed by atoms with van der Waals surface area (Å²) >= 11 is 0. The summed E-state index contributed by atoms with van der Waals surface area (Å²) in [7, 11) is 1.22. The van der Waals surface area contributed by atoms with E-state index in [9.17, 15) is 18.4 Å². The molecule has 0 saturated heterocycles. The van der Waals surface area contributed by atoms with Crippen LogP contribution in [0.2, 0.25) is 0 Å². The van der Waals surface area contributed by atoms with Gasteiger partial charge >= 0.3 is 5.97 Å². The van der Waals surface area contributed by atoms with Gasteiger partial charge in [-0.25, -0.2) is 8.78 Å². The van der Waals surface area contributed by atoms with E-state index in [1.54, 1.807) is 0 Å². The zero-order valence-corrected chi connectivity index (χ0v) is 10.5. The van der Waals surface area contributed by atoms with Gasteiger partial charge in [-0.05, 0) is 36.5 Å². The predicted molar refractivity (Wildman–Crippen MR) is 63.5 cm³/mol. The molecule has 1 aromatic rings. The topological polar surface area (TPSA) is 43.4 Å². The van der Waals surface area contributed by atoms with Crippen LogP contribution < -0.4 is 0 Å². The van der Waals surface area contributed by atoms with Crippen LogP contribution in [0.5, 0.6) is 0 Å². The van der Waals surface area contributed by atoms with Gasteiger partial charge in [0.25, 0.3) is 0 Å². The Morgan fingerprint density at radius 1 is 1.26 bits per heavy atom. The highest BCUT2D eigenvalue weighted by Crippen LogP contribution is 2.35. The first-order valence-electron chi connectivity index (χ1n) is 6.07. The number of halogens is 2. The van der Waals surface area contributed by atoms with Crippen molar-refractivity contribution in [2.45, 2.75) is 25.2 Å². The highest BCUT2D eigenvalue weighted by Gasteiger charge is 2.35. The minimum Gasteiger partial charge on any atom is -0.468 e. The molecular weight excluding hydrogens is 254 g/mol. The van der Waals surface area contributed by atoms with Crippen LogP contribution in [-0.2, 0) is 14.3 Å². The van der Waals surface area contributed by atoms with Crippen molar-refractivity contribution in [1.29, 1.82) is 0 Å². The van der Waals surface area contributed by atoms with Crippen molar-refractivity contribution in [2.24, 2.45) is 5.92 Å². The number of ketones is 1. The molecule has 2 atom stereocenters. The molecule has 1 fully saturated rings. The molecule has 1 saturated carbocycles. The van der Waals surface area contributed by atoms with E-state index < -0.39 is 23.5 Å². The second-order valence-corrected chi connectivity index (χ2v) is 4.72. The lowest BCUT2D eigenvalue weighted by atomic mass is 9.77. The molecule has 0 bridgehead atoms. The van der Waals surface area contributed by atoms with Crippen LogP contribution in [0, 0.1) is 17.6 Å². The van der Waals surface area contributed by atoms with Gasteiger partial charge < -0.3 is 4.74 Å². The maximum absolute atomic E-state index is 13.2. The van der Waals surface area contributed by atoms with Gasteiger partial charge in [-0.1, -0.05) is 0 Å². The average molecular weight is 268 g/mol. The third kappa shape index (κ3) is 2.97. The first kappa shape index (κ1) is 13.6. The highest BCUT2D eigenvalue weighted by atomic mass is 19.1. The van der Waals surface area contributed by atoms with Gasteiger partial charge in [0.05, 0.1) is 7.11 Å². The van der Waals surface area contributed by atoms with E-state index in [0.717, 1.165) is 6.07 Å². The largest absolute Gasteiger partial charge is 0.468 e. The van der Waals surface area contributed by atoms with E-state index in [1.165, 1.54) is 19.2 Å². The Morgan fingerprint density at radius 3 is 2.47 bits per heavy atom. The number of hydrogen-bond acceptors (Lipinski definition) is 3. The number of carbonyl (C=O) groups excluding carboxylic acids is 2. The van der Waals surface area contributed by atoms with E-state index in [2.05, 4.69) is 4.74 Å². The van der Waals surface area contributed by atoms with Crippen molar-refractivity contribution in [3.05, 3.63) is 35.4 Å². The van der Waals surface area contributed by atoms with E-state index in [4.69, 9.17) is 0 Å². The van der Waals surface area contributed by atoms with Crippen LogP contribution in [0.25, 0.3) is 0 Å². The number of esters is 1. The minimum absolute atomic E-state index is 0.167. The summed E-state index contributed by atoms with van der Waals surface area (Å²) < 4.78 is 30.9. The van der Waals surface area contributed by atoms with Gasteiger partial charge in [-0.15, -0.1) is 0 Å². The van der Waals surface area contributed by atoms with Crippen LogP contribution >= 0.6 is 0 Å². The molecule has 2 rings (SSSR count). The molecule has 1 aliphatic rings. The smallest absolute Gasteiger partial charge is 0.316 e. The van der Waals surface area contributed by atoms with Crippen molar-refractivity contribution < 1.29 is 23.1 Å². The van der Waals surface area contributed by atoms with Crippen LogP contribution in [-0.4, -0.2) is 18.9 Å². The van der Waals surface area contributed by atoms with Gasteiger partial charge in [-0.3, -0.25) is 9.59 Å². The molecular formula is C14H14F2O3. The lowest BCUT2D eigenvalue weighted by molar-refractivity contribution is -0.150. The van der Waals surface area contributed by atoms with E-state index >= 15 is 0 Å². The lowest BCUT2D eigenvalue weighted by Gasteiger charge is -2.26. The summed E-state index contributed by atoms with van der Waals surface area (Å²) in [5, 5.41) is 0. The van der Waals surface area contributed by atoms with Crippen molar-refractivity contribution in [3.8, 4) is 0 Å². The summed E-state index contributed by atoms with van der Waals surface area (Å²) in [6.45, 7) is 0. The maximum Gasteiger partial charge on any atom is 0.316 e. The molecule has 0 aromatic heterocycles. The molecule has 0 spiro atoms. The van der Waals surface area contributed by atoms with E-state index in [1.807, 2.05) is 0 Å². The molecule has 2 unspecified atom stereocenters. The zero-order chi connectivity index (χ0) is 14.0. The van der Waals surface area contributed by atoms with Crippen molar-refractivity contribution >= 4 is 11.8 Å². The Hall–Kier alpha value is -1.78. The zero-order valence-electron chi connectivity index (χ0n) is 10.5. The summed E-state index contributed by atoms with van der Waals surface area (Å²) in [5.41, 5.74) is 0.485. The Labute approximate surface area is 109 Å². The lowest BCUT2D eigenvalue weighted by Crippen LogP contribution is -2.31. The van der Waals surface area contributed by atoms with E-state index in [-0.39, 0.29) is 24.5 Å². The predicted octanol–water partition coefficient (Wildman–Crippen LogP) is 2.59. The van der Waals surface area contributed by atoms with Gasteiger partial charge in [-0.2, -0.15) is 0 Å². The quantitative estimate of drug-likeness (QED) is 0.611. The van der Waals surface area contributed by atoms with Crippen molar-refractivity contribution in [1.82, 2.24) is 0 Å². The van der Waals surface area contributed by atoms with Gasteiger partial charge in [0.2, 0.25) is 0 Å². The first-order chi connectivity index (χ1) is 9.01. The summed E-state index contributed by atoms with van der Waals surface area (Å²) in [6, 6.07) is 3.30. The molecule has 102 valence electrons. The third-order valence-electron chi connectivity index (χ3n) is 3.49. The SMILES string of the molecule is COC(=O)C1CC(c2cc(F)cc(F)c2)CCC1=O. The Morgan fingerprint density at radius 2 is 1.89 bits per heavy atom. The second kappa shape index (κ2) is 5.47. The fourth-order valence-electron chi connectivity index (χ4n) is 2.51. The summed E-state index contributed by atoms with van der Waals surface area (Å²) in [5.74, 6) is -3.07. The maximum atomic E-state index is 13.2. The fourth-order valence-corrected chi connectivity index (χ4v) is 2.51. The number of rotatable bonds is 2. The second-order valence-electron chi connectivity index (χ2n) is 4.72. The molecule has 5 heteroatoms. The fraction of sp³-hybridized carbons (Fsp3) is 0.429. The Kier molecular flexibility index (Phi) is 3.93. The first-order valence-corrected chi connectivity index (χ1v) is 6.07. The normalized spacial score (nSPS) is 23.2. The minimum atomic E-state index is -0.824. The summed E-state index contributed by atoms with van der Waals surface area (Å²) in [6.07, 6.45) is 0.964. The molecule has 1 aliphatic carbocycles. The van der Waals surface area contributed by atoms with Gasteiger partial charge in [0.1, 0.15) is 23.3 Å². The highest BCUT2D eigenvalue weighted by molar-refractivity contribution is 5.99. The average Bonchev–Trinajstić information content (AvgIpc) is 2.37. The van der Waals surface area contributed by atoms with Gasteiger partial charge in [0, 0.05) is 12.5 Å². The van der Waals surface area contributed by atoms with Gasteiger partial charge in [0.15, 0.2) is 0 Å². The molecule has 0 aliphatic heterocycles. The number of ether oxygens (including phenoxy) is 1. The molecule has 1 aromatic carbocycles. The Balaban J connectivity index is 2.22. The number of benzene rings is 1. The number of Topliss-reactive ketones (excluding diaryl/α,β-unsaturated/α-hetero) is 1. The van der Waals surface area contributed by atoms with Crippen LogP contribution in [0.3, 0.4) is 0 Å².